The van der Waals surface area contributed by atoms with Crippen LogP contribution >= 0.6 is 0 Å². The van der Waals surface area contributed by atoms with E-state index in [9.17, 15) is 19.5 Å². The molecular formula is C23H23N5O5. The molecule has 0 aromatic heterocycles. The third-order valence-electron chi connectivity index (χ3n) is 6.08. The molecule has 3 aliphatic rings. The van der Waals surface area contributed by atoms with Gasteiger partial charge in [0.25, 0.3) is 11.8 Å². The van der Waals surface area contributed by atoms with Crippen LogP contribution < -0.4 is 20.9 Å². The summed E-state index contributed by atoms with van der Waals surface area (Å²) in [6.45, 7) is 0.901. The number of carbonyl (C=O) groups is 3. The zero-order valence-electron chi connectivity index (χ0n) is 17.7. The van der Waals surface area contributed by atoms with Gasteiger partial charge < -0.3 is 30.7 Å². The Morgan fingerprint density at radius 2 is 2.03 bits per heavy atom. The fraction of sp³-hybridized carbons (Fsp3) is 0.304. The Hall–Kier alpha value is -3.76. The Labute approximate surface area is 189 Å². The van der Waals surface area contributed by atoms with Crippen molar-refractivity contribution in [2.24, 2.45) is 0 Å². The lowest BCUT2D eigenvalue weighted by Crippen LogP contribution is -2.55. The van der Waals surface area contributed by atoms with Crippen LogP contribution in [0.2, 0.25) is 0 Å². The number of ether oxygens (including phenoxy) is 1. The first-order valence-corrected chi connectivity index (χ1v) is 10.7. The van der Waals surface area contributed by atoms with Crippen LogP contribution in [0.1, 0.15) is 23.1 Å². The van der Waals surface area contributed by atoms with E-state index in [0.717, 1.165) is 16.7 Å². The molecule has 0 radical (unpaired) electrons. The number of fused-ring (bicyclic) bond motifs is 2. The van der Waals surface area contributed by atoms with Crippen LogP contribution in [0.4, 0.5) is 17.1 Å². The van der Waals surface area contributed by atoms with Crippen LogP contribution in [0.5, 0.6) is 0 Å². The number of benzene rings is 2. The Morgan fingerprint density at radius 1 is 1.18 bits per heavy atom. The minimum atomic E-state index is -1.71. The average molecular weight is 449 g/mol. The molecule has 10 nitrogen and oxygen atoms in total. The lowest BCUT2D eigenvalue weighted by atomic mass is 10.0. The number of hydrogen-bond acceptors (Lipinski definition) is 6. The molecule has 5 rings (SSSR count). The summed E-state index contributed by atoms with van der Waals surface area (Å²) < 4.78 is 5.47. The highest BCUT2D eigenvalue weighted by Gasteiger charge is 2.39. The van der Waals surface area contributed by atoms with Gasteiger partial charge >= 0.3 is 0 Å². The summed E-state index contributed by atoms with van der Waals surface area (Å²) in [5.74, 6) is -1.03. The molecule has 0 saturated carbocycles. The molecule has 2 atom stereocenters. The quantitative estimate of drug-likeness (QED) is 0.466. The molecule has 1 saturated heterocycles. The number of anilines is 3. The van der Waals surface area contributed by atoms with Gasteiger partial charge in [0.1, 0.15) is 5.84 Å². The lowest BCUT2D eigenvalue weighted by Gasteiger charge is -2.34. The first-order chi connectivity index (χ1) is 15.9. The predicted octanol–water partition coefficient (Wildman–Crippen LogP) is 0.731. The second-order valence-electron chi connectivity index (χ2n) is 8.21. The van der Waals surface area contributed by atoms with E-state index >= 15 is 0 Å². The monoisotopic (exact) mass is 449 g/mol. The Balaban J connectivity index is 1.30. The van der Waals surface area contributed by atoms with Gasteiger partial charge in [0, 0.05) is 42.1 Å². The maximum absolute atomic E-state index is 13.1. The Kier molecular flexibility index (Phi) is 5.31. The molecule has 0 aliphatic carbocycles. The molecule has 2 aromatic carbocycles. The highest BCUT2D eigenvalue weighted by Crippen LogP contribution is 2.29. The SMILES string of the molecule is N=C1NCc2cc(NC(=O)[C@H](O)[C@H]3OCCN(c4ccc5c(c4)NC(=O)CC5)C3=O)ccc21. The fourth-order valence-electron chi connectivity index (χ4n) is 4.31. The van der Waals surface area contributed by atoms with E-state index in [0.29, 0.717) is 42.3 Å². The van der Waals surface area contributed by atoms with E-state index in [1.165, 1.54) is 4.90 Å². The Bertz CT molecular complexity index is 1180. The number of carbonyl (C=O) groups excluding carboxylic acids is 3. The standard InChI is InChI=1S/C23H23N5O5/c24-21-16-5-3-14(9-13(16)11-25-21)26-22(31)19(30)20-23(32)28(7-8-33-20)15-4-1-12-2-6-18(29)27-17(12)10-15/h1,3-5,9-10,19-20,30H,2,6-8,11H2,(H2,24,25)(H,26,31)(H,27,29)/t19-,20-/m1/s1. The second-order valence-corrected chi connectivity index (χ2v) is 8.21. The molecular weight excluding hydrogens is 426 g/mol. The van der Waals surface area contributed by atoms with Crippen LogP contribution in [-0.2, 0) is 32.1 Å². The third kappa shape index (κ3) is 3.94. The van der Waals surface area contributed by atoms with Gasteiger partial charge in [-0.1, -0.05) is 6.07 Å². The molecule has 170 valence electrons. The van der Waals surface area contributed by atoms with Crippen LogP contribution in [0, 0.1) is 5.41 Å². The zero-order valence-corrected chi connectivity index (χ0v) is 17.7. The smallest absolute Gasteiger partial charge is 0.259 e. The van der Waals surface area contributed by atoms with Crippen molar-refractivity contribution in [3.8, 4) is 0 Å². The van der Waals surface area contributed by atoms with Gasteiger partial charge in [0.05, 0.1) is 6.61 Å². The number of aliphatic hydroxyl groups excluding tert-OH is 1. The van der Waals surface area contributed by atoms with Gasteiger partial charge in [0.2, 0.25) is 5.91 Å². The first kappa shape index (κ1) is 21.1. The van der Waals surface area contributed by atoms with Gasteiger partial charge in [-0.25, -0.2) is 0 Å². The summed E-state index contributed by atoms with van der Waals surface area (Å²) in [5, 5.41) is 26.8. The van der Waals surface area contributed by atoms with Gasteiger partial charge in [0.15, 0.2) is 12.2 Å². The van der Waals surface area contributed by atoms with Crippen molar-refractivity contribution in [3.63, 3.8) is 0 Å². The number of hydrogen-bond donors (Lipinski definition) is 5. The largest absolute Gasteiger partial charge is 0.380 e. The van der Waals surface area contributed by atoms with Crippen molar-refractivity contribution in [3.05, 3.63) is 53.1 Å². The van der Waals surface area contributed by atoms with E-state index in [-0.39, 0.29) is 19.1 Å². The number of morpholine rings is 1. The van der Waals surface area contributed by atoms with Crippen molar-refractivity contribution in [1.29, 1.82) is 5.41 Å². The molecule has 1 fully saturated rings. The first-order valence-electron chi connectivity index (χ1n) is 10.7. The van der Waals surface area contributed by atoms with Crippen LogP contribution in [-0.4, -0.2) is 54.0 Å². The van der Waals surface area contributed by atoms with Gasteiger partial charge in [-0.15, -0.1) is 0 Å². The number of amidine groups is 1. The Morgan fingerprint density at radius 3 is 2.88 bits per heavy atom. The van der Waals surface area contributed by atoms with Gasteiger partial charge in [-0.05, 0) is 47.9 Å². The van der Waals surface area contributed by atoms with E-state index in [2.05, 4.69) is 16.0 Å². The molecule has 0 bridgehead atoms. The number of nitrogens with zero attached hydrogens (tertiary/aromatic N) is 1. The predicted molar refractivity (Wildman–Crippen MR) is 120 cm³/mol. The molecule has 0 unspecified atom stereocenters. The molecule has 0 spiro atoms. The maximum atomic E-state index is 13.1. The minimum Gasteiger partial charge on any atom is -0.380 e. The molecule has 3 amide bonds. The number of aliphatic hydroxyl groups is 1. The summed E-state index contributed by atoms with van der Waals surface area (Å²) in [6.07, 6.45) is -1.99. The van der Waals surface area contributed by atoms with E-state index in [1.54, 1.807) is 30.3 Å². The number of rotatable bonds is 4. The number of aryl methyl sites for hydroxylation is 1. The van der Waals surface area contributed by atoms with E-state index in [1.807, 2.05) is 6.07 Å². The molecule has 10 heteroatoms. The normalized spacial score (nSPS) is 20.5. The molecule has 2 aromatic rings. The average Bonchev–Trinajstić information content (AvgIpc) is 3.18. The second kappa shape index (κ2) is 8.30. The molecule has 3 aliphatic heterocycles. The summed E-state index contributed by atoms with van der Waals surface area (Å²) >= 11 is 0. The van der Waals surface area contributed by atoms with Crippen LogP contribution in [0.15, 0.2) is 36.4 Å². The van der Waals surface area contributed by atoms with Crippen molar-refractivity contribution < 1.29 is 24.2 Å². The highest BCUT2D eigenvalue weighted by molar-refractivity contribution is 6.05. The fourth-order valence-corrected chi connectivity index (χ4v) is 4.31. The van der Waals surface area contributed by atoms with Gasteiger partial charge in [-0.2, -0.15) is 0 Å². The zero-order chi connectivity index (χ0) is 23.1. The highest BCUT2D eigenvalue weighted by atomic mass is 16.5. The number of amides is 3. The summed E-state index contributed by atoms with van der Waals surface area (Å²) in [7, 11) is 0. The van der Waals surface area contributed by atoms with Crippen LogP contribution in [0.3, 0.4) is 0 Å². The van der Waals surface area contributed by atoms with Crippen molar-refractivity contribution in [1.82, 2.24) is 5.32 Å². The van der Waals surface area contributed by atoms with Crippen molar-refractivity contribution in [2.75, 3.05) is 28.7 Å². The molecule has 33 heavy (non-hydrogen) atoms. The van der Waals surface area contributed by atoms with Crippen molar-refractivity contribution in [2.45, 2.75) is 31.6 Å². The molecule has 5 N–H and O–H groups in total. The number of nitrogens with one attached hydrogen (secondary N) is 4. The van der Waals surface area contributed by atoms with Crippen LogP contribution in [0.25, 0.3) is 0 Å². The minimum absolute atomic E-state index is 0.0721. The summed E-state index contributed by atoms with van der Waals surface area (Å²) in [5.41, 5.74) is 4.31. The summed E-state index contributed by atoms with van der Waals surface area (Å²) in [6, 6.07) is 10.5. The van der Waals surface area contributed by atoms with E-state index < -0.39 is 24.0 Å². The maximum Gasteiger partial charge on any atom is 0.259 e. The summed E-state index contributed by atoms with van der Waals surface area (Å²) in [4.78, 5) is 38.9. The molecule has 3 heterocycles. The van der Waals surface area contributed by atoms with E-state index in [4.69, 9.17) is 10.1 Å². The third-order valence-corrected chi connectivity index (χ3v) is 6.08. The lowest BCUT2D eigenvalue weighted by molar-refractivity contribution is -0.150. The van der Waals surface area contributed by atoms with Crippen molar-refractivity contribution >= 4 is 40.6 Å². The van der Waals surface area contributed by atoms with Gasteiger partial charge in [-0.3, -0.25) is 19.8 Å². The topological polar surface area (TPSA) is 144 Å².